The first kappa shape index (κ1) is 9.81. The van der Waals surface area contributed by atoms with Crippen LogP contribution in [0.1, 0.15) is 32.1 Å². The van der Waals surface area contributed by atoms with E-state index >= 15 is 0 Å². The Morgan fingerprint density at radius 2 is 1.62 bits per heavy atom. The van der Waals surface area contributed by atoms with Crippen molar-refractivity contribution in [2.75, 3.05) is 26.3 Å². The number of rotatable bonds is 1. The summed E-state index contributed by atoms with van der Waals surface area (Å²) in [7, 11) is 0. The second-order valence-corrected chi connectivity index (χ2v) is 4.97. The molecule has 1 aliphatic carbocycles. The van der Waals surface area contributed by atoms with Crippen molar-refractivity contribution < 1.29 is 4.74 Å². The van der Waals surface area contributed by atoms with Gasteiger partial charge in [-0.3, -0.25) is 4.90 Å². The minimum Gasteiger partial charge on any atom is -0.379 e. The van der Waals surface area contributed by atoms with Gasteiger partial charge in [0.1, 0.15) is 0 Å². The van der Waals surface area contributed by atoms with Gasteiger partial charge in [0.05, 0.1) is 18.1 Å². The molecule has 2 rings (SSSR count). The fourth-order valence-corrected chi connectivity index (χ4v) is 2.93. The van der Waals surface area contributed by atoms with Gasteiger partial charge in [0.2, 0.25) is 0 Å². The molecular formula is C10H19NOS. The van der Waals surface area contributed by atoms with Gasteiger partial charge in [-0.25, -0.2) is 0 Å². The molecule has 0 bridgehead atoms. The van der Waals surface area contributed by atoms with Gasteiger partial charge in [-0.2, -0.15) is 12.6 Å². The molecule has 0 aromatic heterocycles. The average Bonchev–Trinajstić information content (AvgIpc) is 2.20. The molecule has 1 aliphatic heterocycles. The standard InChI is InChI=1S/C10H19NOS/c13-10(4-2-1-3-5-10)11-6-8-12-9-7-11/h13H,1-9H2. The first-order chi connectivity index (χ1) is 6.31. The van der Waals surface area contributed by atoms with Gasteiger partial charge in [-0.15, -0.1) is 0 Å². The lowest BCUT2D eigenvalue weighted by Gasteiger charge is -2.44. The van der Waals surface area contributed by atoms with E-state index in [4.69, 9.17) is 17.4 Å². The molecule has 0 spiro atoms. The van der Waals surface area contributed by atoms with Crippen LogP contribution in [-0.4, -0.2) is 36.1 Å². The highest BCUT2D eigenvalue weighted by molar-refractivity contribution is 7.81. The molecule has 2 fully saturated rings. The molecule has 0 radical (unpaired) electrons. The Morgan fingerprint density at radius 3 is 2.23 bits per heavy atom. The molecule has 2 aliphatic rings. The van der Waals surface area contributed by atoms with Gasteiger partial charge in [-0.05, 0) is 12.8 Å². The van der Waals surface area contributed by atoms with E-state index in [1.54, 1.807) is 0 Å². The Hall–Kier alpha value is 0.270. The maximum Gasteiger partial charge on any atom is 0.0642 e. The highest BCUT2D eigenvalue weighted by Crippen LogP contribution is 2.36. The maximum absolute atomic E-state index is 5.36. The van der Waals surface area contributed by atoms with E-state index in [1.807, 2.05) is 0 Å². The molecule has 1 saturated heterocycles. The zero-order valence-electron chi connectivity index (χ0n) is 8.17. The van der Waals surface area contributed by atoms with Crippen LogP contribution in [-0.2, 0) is 4.74 Å². The molecule has 3 heteroatoms. The number of hydrogen-bond donors (Lipinski definition) is 1. The molecule has 0 unspecified atom stereocenters. The minimum absolute atomic E-state index is 0.196. The number of thiol groups is 1. The zero-order chi connectivity index (χ0) is 9.15. The fourth-order valence-electron chi connectivity index (χ4n) is 2.41. The molecule has 1 saturated carbocycles. The highest BCUT2D eigenvalue weighted by atomic mass is 32.1. The summed E-state index contributed by atoms with van der Waals surface area (Å²) in [5.74, 6) is 0. The first-order valence-corrected chi connectivity index (χ1v) is 5.81. The van der Waals surface area contributed by atoms with E-state index < -0.39 is 0 Å². The van der Waals surface area contributed by atoms with Crippen LogP contribution < -0.4 is 0 Å². The van der Waals surface area contributed by atoms with Crippen molar-refractivity contribution in [2.45, 2.75) is 37.0 Å². The third-order valence-electron chi connectivity index (χ3n) is 3.25. The van der Waals surface area contributed by atoms with Crippen molar-refractivity contribution in [3.05, 3.63) is 0 Å². The van der Waals surface area contributed by atoms with Crippen LogP contribution in [0.5, 0.6) is 0 Å². The van der Waals surface area contributed by atoms with Gasteiger partial charge in [0, 0.05) is 13.1 Å². The number of hydrogen-bond acceptors (Lipinski definition) is 3. The second kappa shape index (κ2) is 4.20. The minimum atomic E-state index is 0.196. The maximum atomic E-state index is 5.36. The van der Waals surface area contributed by atoms with Gasteiger partial charge in [-0.1, -0.05) is 19.3 Å². The lowest BCUT2D eigenvalue weighted by Crippen LogP contribution is -2.51. The van der Waals surface area contributed by atoms with Gasteiger partial charge >= 0.3 is 0 Å². The quantitative estimate of drug-likeness (QED) is 0.651. The van der Waals surface area contributed by atoms with Gasteiger partial charge in [0.15, 0.2) is 0 Å². The summed E-state index contributed by atoms with van der Waals surface area (Å²) >= 11 is 4.86. The van der Waals surface area contributed by atoms with E-state index in [0.717, 1.165) is 26.3 Å². The van der Waals surface area contributed by atoms with Crippen LogP contribution in [0.15, 0.2) is 0 Å². The summed E-state index contributed by atoms with van der Waals surface area (Å²) in [5.41, 5.74) is 0. The summed E-state index contributed by atoms with van der Waals surface area (Å²) in [6.07, 6.45) is 6.61. The monoisotopic (exact) mass is 201 g/mol. The van der Waals surface area contributed by atoms with Crippen LogP contribution in [0.3, 0.4) is 0 Å². The van der Waals surface area contributed by atoms with Crippen molar-refractivity contribution >= 4 is 12.6 Å². The lowest BCUT2D eigenvalue weighted by atomic mass is 9.93. The highest BCUT2D eigenvalue weighted by Gasteiger charge is 2.34. The van der Waals surface area contributed by atoms with E-state index in [2.05, 4.69) is 4.90 Å². The summed E-state index contributed by atoms with van der Waals surface area (Å²) in [6, 6.07) is 0. The molecule has 0 atom stereocenters. The molecule has 2 nitrogen and oxygen atoms in total. The molecule has 1 heterocycles. The molecule has 0 aromatic rings. The third kappa shape index (κ3) is 2.20. The molecule has 76 valence electrons. The Morgan fingerprint density at radius 1 is 1.00 bits per heavy atom. The SMILES string of the molecule is SC1(N2CCOCC2)CCCCC1. The predicted octanol–water partition coefficient (Wildman–Crippen LogP) is 1.91. The topological polar surface area (TPSA) is 12.5 Å². The first-order valence-electron chi connectivity index (χ1n) is 5.36. The molecule has 13 heavy (non-hydrogen) atoms. The summed E-state index contributed by atoms with van der Waals surface area (Å²) in [5, 5.41) is 0. The summed E-state index contributed by atoms with van der Waals surface area (Å²) < 4.78 is 5.36. The van der Waals surface area contributed by atoms with Gasteiger partial charge in [0.25, 0.3) is 0 Å². The summed E-state index contributed by atoms with van der Waals surface area (Å²) in [6.45, 7) is 3.93. The van der Waals surface area contributed by atoms with Crippen LogP contribution in [0.4, 0.5) is 0 Å². The normalized spacial score (nSPS) is 30.2. The van der Waals surface area contributed by atoms with Crippen molar-refractivity contribution in [1.82, 2.24) is 4.90 Å². The number of ether oxygens (including phenoxy) is 1. The van der Waals surface area contributed by atoms with E-state index in [1.165, 1.54) is 32.1 Å². The molecule has 0 N–H and O–H groups in total. The Kier molecular flexibility index (Phi) is 3.17. The Labute approximate surface area is 86.0 Å². The van der Waals surface area contributed by atoms with Crippen LogP contribution >= 0.6 is 12.6 Å². The predicted molar refractivity (Wildman–Crippen MR) is 57.2 cm³/mol. The number of morpholine rings is 1. The second-order valence-electron chi connectivity index (χ2n) is 4.14. The Bertz CT molecular complexity index is 162. The van der Waals surface area contributed by atoms with Crippen molar-refractivity contribution in [1.29, 1.82) is 0 Å². The van der Waals surface area contributed by atoms with Crippen LogP contribution in [0, 0.1) is 0 Å². The Balaban J connectivity index is 1.94. The molecule has 0 aromatic carbocycles. The van der Waals surface area contributed by atoms with Crippen LogP contribution in [0.25, 0.3) is 0 Å². The lowest BCUT2D eigenvalue weighted by molar-refractivity contribution is -0.00170. The molecular weight excluding hydrogens is 182 g/mol. The van der Waals surface area contributed by atoms with Crippen molar-refractivity contribution in [2.24, 2.45) is 0 Å². The average molecular weight is 201 g/mol. The molecule has 0 amide bonds. The zero-order valence-corrected chi connectivity index (χ0v) is 9.06. The smallest absolute Gasteiger partial charge is 0.0642 e. The largest absolute Gasteiger partial charge is 0.379 e. The summed E-state index contributed by atoms with van der Waals surface area (Å²) in [4.78, 5) is 2.71. The van der Waals surface area contributed by atoms with Crippen molar-refractivity contribution in [3.63, 3.8) is 0 Å². The fraction of sp³-hybridized carbons (Fsp3) is 1.00. The van der Waals surface area contributed by atoms with E-state index in [0.29, 0.717) is 0 Å². The van der Waals surface area contributed by atoms with Crippen LogP contribution in [0.2, 0.25) is 0 Å². The number of nitrogens with zero attached hydrogens (tertiary/aromatic N) is 1. The van der Waals surface area contributed by atoms with Gasteiger partial charge < -0.3 is 4.74 Å². The van der Waals surface area contributed by atoms with E-state index in [9.17, 15) is 0 Å². The van der Waals surface area contributed by atoms with E-state index in [-0.39, 0.29) is 4.87 Å². The van der Waals surface area contributed by atoms with Crippen molar-refractivity contribution in [3.8, 4) is 0 Å². The third-order valence-corrected chi connectivity index (χ3v) is 3.98.